The van der Waals surface area contributed by atoms with Crippen molar-refractivity contribution in [3.05, 3.63) is 75.7 Å². The molecular weight excluding hydrogens is 344 g/mol. The average Bonchev–Trinajstić information content (AvgIpc) is 2.48. The molecule has 3 aromatic carbocycles. The van der Waals surface area contributed by atoms with Crippen LogP contribution in [0.2, 0.25) is 5.02 Å². The van der Waals surface area contributed by atoms with Crippen molar-refractivity contribution in [2.24, 2.45) is 0 Å². The van der Waals surface area contributed by atoms with Gasteiger partial charge in [0.2, 0.25) is 0 Å². The van der Waals surface area contributed by atoms with E-state index >= 15 is 0 Å². The standard InChI is InChI=1S/C19H14BrCl/c1-2-3-14-7-9-18(21)12-19(14)15-5-4-13-6-8-17(20)11-16(13)10-15/h2-12H,1H3. The Bertz CT molecular complexity index is 834. The molecule has 3 rings (SSSR count). The van der Waals surface area contributed by atoms with Gasteiger partial charge in [-0.1, -0.05) is 63.9 Å². The topological polar surface area (TPSA) is 0 Å². The fourth-order valence-electron chi connectivity index (χ4n) is 2.49. The fourth-order valence-corrected chi connectivity index (χ4v) is 3.04. The van der Waals surface area contributed by atoms with Gasteiger partial charge in [0.15, 0.2) is 0 Å². The van der Waals surface area contributed by atoms with Gasteiger partial charge in [-0.15, -0.1) is 0 Å². The summed E-state index contributed by atoms with van der Waals surface area (Å²) < 4.78 is 1.09. The van der Waals surface area contributed by atoms with Gasteiger partial charge in [-0.2, -0.15) is 0 Å². The summed E-state index contributed by atoms with van der Waals surface area (Å²) in [6.45, 7) is 2.02. The Balaban J connectivity index is 2.22. The number of fused-ring (bicyclic) bond motifs is 1. The maximum Gasteiger partial charge on any atom is 0.0412 e. The summed E-state index contributed by atoms with van der Waals surface area (Å²) in [7, 11) is 0. The Morgan fingerprint density at radius 3 is 2.52 bits per heavy atom. The molecule has 0 saturated carbocycles. The lowest BCUT2D eigenvalue weighted by Crippen LogP contribution is -1.84. The van der Waals surface area contributed by atoms with Crippen LogP contribution >= 0.6 is 27.5 Å². The molecule has 0 fully saturated rings. The van der Waals surface area contributed by atoms with Crippen molar-refractivity contribution in [2.75, 3.05) is 0 Å². The molecule has 0 aliphatic rings. The van der Waals surface area contributed by atoms with E-state index in [0.29, 0.717) is 0 Å². The van der Waals surface area contributed by atoms with Crippen molar-refractivity contribution in [3.8, 4) is 11.1 Å². The van der Waals surface area contributed by atoms with Gasteiger partial charge in [0.1, 0.15) is 0 Å². The zero-order valence-corrected chi connectivity index (χ0v) is 13.9. The van der Waals surface area contributed by atoms with Gasteiger partial charge in [-0.25, -0.2) is 0 Å². The lowest BCUT2D eigenvalue weighted by molar-refractivity contribution is 1.60. The average molecular weight is 358 g/mol. The van der Waals surface area contributed by atoms with Crippen LogP contribution in [-0.4, -0.2) is 0 Å². The Morgan fingerprint density at radius 1 is 0.905 bits per heavy atom. The molecule has 2 heteroatoms. The van der Waals surface area contributed by atoms with E-state index in [4.69, 9.17) is 11.6 Å². The molecule has 0 N–H and O–H groups in total. The van der Waals surface area contributed by atoms with Crippen LogP contribution in [0.5, 0.6) is 0 Å². The third-order valence-electron chi connectivity index (χ3n) is 3.47. The predicted molar refractivity (Wildman–Crippen MR) is 96.8 cm³/mol. The van der Waals surface area contributed by atoms with Gasteiger partial charge in [0, 0.05) is 9.50 Å². The van der Waals surface area contributed by atoms with Crippen molar-refractivity contribution in [3.63, 3.8) is 0 Å². The molecule has 0 spiro atoms. The van der Waals surface area contributed by atoms with Gasteiger partial charge < -0.3 is 0 Å². The van der Waals surface area contributed by atoms with Crippen LogP contribution in [-0.2, 0) is 0 Å². The molecule has 0 aromatic heterocycles. The summed E-state index contributed by atoms with van der Waals surface area (Å²) in [5, 5.41) is 3.21. The van der Waals surface area contributed by atoms with Crippen molar-refractivity contribution in [2.45, 2.75) is 6.92 Å². The predicted octanol–water partition coefficient (Wildman–Crippen LogP) is 6.96. The zero-order chi connectivity index (χ0) is 14.8. The van der Waals surface area contributed by atoms with Crippen LogP contribution in [0.15, 0.2) is 65.1 Å². The van der Waals surface area contributed by atoms with Crippen molar-refractivity contribution < 1.29 is 0 Å². The Labute approximate surface area is 138 Å². The minimum absolute atomic E-state index is 0.757. The molecule has 0 atom stereocenters. The molecule has 0 nitrogen and oxygen atoms in total. The molecule has 0 unspecified atom stereocenters. The van der Waals surface area contributed by atoms with E-state index in [1.165, 1.54) is 21.9 Å². The van der Waals surface area contributed by atoms with Crippen LogP contribution in [0.4, 0.5) is 0 Å². The van der Waals surface area contributed by atoms with E-state index in [1.54, 1.807) is 0 Å². The van der Waals surface area contributed by atoms with Crippen LogP contribution in [0.1, 0.15) is 12.5 Å². The number of benzene rings is 3. The second-order valence-corrected chi connectivity index (χ2v) is 6.29. The quantitative estimate of drug-likeness (QED) is 0.465. The van der Waals surface area contributed by atoms with E-state index in [-0.39, 0.29) is 0 Å². The van der Waals surface area contributed by atoms with Gasteiger partial charge in [-0.05, 0) is 64.7 Å². The first-order valence-electron chi connectivity index (χ1n) is 6.79. The SMILES string of the molecule is CC=Cc1ccc(Cl)cc1-c1ccc2ccc(Br)cc2c1. The van der Waals surface area contributed by atoms with Crippen molar-refractivity contribution in [1.29, 1.82) is 0 Å². The maximum absolute atomic E-state index is 6.18. The second-order valence-electron chi connectivity index (χ2n) is 4.94. The summed E-state index contributed by atoms with van der Waals surface area (Å²) in [4.78, 5) is 0. The smallest absolute Gasteiger partial charge is 0.0412 e. The minimum atomic E-state index is 0.757. The van der Waals surface area contributed by atoms with E-state index in [9.17, 15) is 0 Å². The summed E-state index contributed by atoms with van der Waals surface area (Å²) in [5.41, 5.74) is 3.51. The van der Waals surface area contributed by atoms with Gasteiger partial charge >= 0.3 is 0 Å². The molecule has 0 bridgehead atoms. The van der Waals surface area contributed by atoms with Crippen LogP contribution in [0.25, 0.3) is 28.0 Å². The highest BCUT2D eigenvalue weighted by Crippen LogP contribution is 2.31. The monoisotopic (exact) mass is 356 g/mol. The lowest BCUT2D eigenvalue weighted by Gasteiger charge is -2.09. The third kappa shape index (κ3) is 3.04. The minimum Gasteiger partial charge on any atom is -0.0870 e. The molecule has 0 aliphatic heterocycles. The highest BCUT2D eigenvalue weighted by atomic mass is 79.9. The van der Waals surface area contributed by atoms with Gasteiger partial charge in [0.05, 0.1) is 0 Å². The number of halogens is 2. The number of allylic oxidation sites excluding steroid dienone is 1. The second kappa shape index (κ2) is 6.05. The maximum atomic E-state index is 6.18. The highest BCUT2D eigenvalue weighted by molar-refractivity contribution is 9.10. The van der Waals surface area contributed by atoms with Gasteiger partial charge in [-0.3, -0.25) is 0 Å². The lowest BCUT2D eigenvalue weighted by atomic mass is 9.97. The molecule has 0 saturated heterocycles. The Morgan fingerprint density at radius 2 is 1.71 bits per heavy atom. The summed E-state index contributed by atoms with van der Waals surface area (Å²) in [5.74, 6) is 0. The zero-order valence-electron chi connectivity index (χ0n) is 11.6. The molecule has 104 valence electrons. The van der Waals surface area contributed by atoms with Crippen LogP contribution in [0.3, 0.4) is 0 Å². The summed E-state index contributed by atoms with van der Waals surface area (Å²) >= 11 is 9.71. The molecule has 0 heterocycles. The summed E-state index contributed by atoms with van der Waals surface area (Å²) in [6, 6.07) is 18.8. The normalized spacial score (nSPS) is 11.4. The molecular formula is C19H14BrCl. The first kappa shape index (κ1) is 14.4. The third-order valence-corrected chi connectivity index (χ3v) is 4.20. The number of rotatable bonds is 2. The number of hydrogen-bond donors (Lipinski definition) is 0. The highest BCUT2D eigenvalue weighted by Gasteiger charge is 2.05. The van der Waals surface area contributed by atoms with Crippen molar-refractivity contribution in [1.82, 2.24) is 0 Å². The van der Waals surface area contributed by atoms with E-state index in [0.717, 1.165) is 15.1 Å². The molecule has 21 heavy (non-hydrogen) atoms. The van der Waals surface area contributed by atoms with E-state index < -0.39 is 0 Å². The molecule has 0 radical (unpaired) electrons. The van der Waals surface area contributed by atoms with E-state index in [2.05, 4.69) is 64.5 Å². The summed E-state index contributed by atoms with van der Waals surface area (Å²) in [6.07, 6.45) is 4.15. The Kier molecular flexibility index (Phi) is 4.14. The molecule has 0 aliphatic carbocycles. The van der Waals surface area contributed by atoms with Crippen molar-refractivity contribution >= 4 is 44.4 Å². The largest absolute Gasteiger partial charge is 0.0870 e. The van der Waals surface area contributed by atoms with Crippen LogP contribution < -0.4 is 0 Å². The van der Waals surface area contributed by atoms with Crippen LogP contribution in [0, 0.1) is 0 Å². The van der Waals surface area contributed by atoms with Gasteiger partial charge in [0.25, 0.3) is 0 Å². The molecule has 0 amide bonds. The first-order chi connectivity index (χ1) is 10.2. The first-order valence-corrected chi connectivity index (χ1v) is 7.96. The number of hydrogen-bond acceptors (Lipinski definition) is 0. The van der Waals surface area contributed by atoms with E-state index in [1.807, 2.05) is 25.1 Å². The Hall–Kier alpha value is -1.57. The fraction of sp³-hybridized carbons (Fsp3) is 0.0526. The molecule has 3 aromatic rings.